The Labute approximate surface area is 116 Å². The molecule has 1 aliphatic heterocycles. The zero-order chi connectivity index (χ0) is 14.3. The van der Waals surface area contributed by atoms with Crippen molar-refractivity contribution in [2.45, 2.75) is 39.2 Å². The van der Waals surface area contributed by atoms with Crippen LogP contribution in [0.4, 0.5) is 4.79 Å². The molecule has 0 aromatic heterocycles. The summed E-state index contributed by atoms with van der Waals surface area (Å²) in [6.45, 7) is 17.3. The number of carbonyl (C=O) groups excluding carboxylic acids is 1. The van der Waals surface area contributed by atoms with E-state index in [0.717, 1.165) is 45.6 Å². The van der Waals surface area contributed by atoms with Crippen molar-refractivity contribution in [3.05, 3.63) is 11.4 Å². The highest BCUT2D eigenvalue weighted by Crippen LogP contribution is 2.12. The fourth-order valence-corrected chi connectivity index (χ4v) is 2.01. The first-order valence-corrected chi connectivity index (χ1v) is 6.96. The third kappa shape index (κ3) is 6.44. The maximum absolute atomic E-state index is 11.9. The van der Waals surface area contributed by atoms with E-state index in [4.69, 9.17) is 11.3 Å². The van der Waals surface area contributed by atoms with E-state index in [1.165, 1.54) is 0 Å². The summed E-state index contributed by atoms with van der Waals surface area (Å²) in [5, 5.41) is 0. The summed E-state index contributed by atoms with van der Waals surface area (Å²) >= 11 is 0. The smallest absolute Gasteiger partial charge is 0.410 e. The van der Waals surface area contributed by atoms with Crippen LogP contribution in [-0.2, 0) is 4.74 Å². The summed E-state index contributed by atoms with van der Waals surface area (Å²) in [4.78, 5) is 19.4. The average molecular weight is 267 g/mol. The molecule has 0 spiro atoms. The van der Waals surface area contributed by atoms with Gasteiger partial charge in [0.15, 0.2) is 0 Å². The van der Waals surface area contributed by atoms with Crippen molar-refractivity contribution in [2.75, 3.05) is 39.3 Å². The van der Waals surface area contributed by atoms with Gasteiger partial charge in [0.2, 0.25) is 6.54 Å². The molecule has 1 aliphatic rings. The van der Waals surface area contributed by atoms with E-state index in [1.54, 1.807) is 4.90 Å². The number of amides is 1. The number of hydrogen-bond acceptors (Lipinski definition) is 3. The number of hydrogen-bond donors (Lipinski definition) is 0. The first kappa shape index (κ1) is 15.8. The minimum Gasteiger partial charge on any atom is -0.444 e. The quantitative estimate of drug-likeness (QED) is 0.579. The fraction of sp³-hybridized carbons (Fsp3) is 0.857. The molecular formula is C14H25N3O2. The molecule has 1 rings (SSSR count). The monoisotopic (exact) mass is 267 g/mol. The molecule has 0 unspecified atom stereocenters. The Hall–Kier alpha value is -1.28. The summed E-state index contributed by atoms with van der Waals surface area (Å²) in [5.74, 6) is 0. The Morgan fingerprint density at radius 3 is 2.37 bits per heavy atom. The molecule has 0 aromatic rings. The number of carbonyl (C=O) groups is 1. The molecule has 0 aromatic carbocycles. The predicted molar refractivity (Wildman–Crippen MR) is 75.0 cm³/mol. The second kappa shape index (κ2) is 7.34. The number of nitrogens with zero attached hydrogens (tertiary/aromatic N) is 3. The van der Waals surface area contributed by atoms with Crippen molar-refractivity contribution in [2.24, 2.45) is 0 Å². The molecule has 1 saturated heterocycles. The van der Waals surface area contributed by atoms with Crippen LogP contribution in [-0.4, -0.2) is 60.8 Å². The summed E-state index contributed by atoms with van der Waals surface area (Å²) in [6.07, 6.45) is 1.82. The zero-order valence-corrected chi connectivity index (χ0v) is 12.3. The second-order valence-corrected chi connectivity index (χ2v) is 5.90. The molecule has 0 saturated carbocycles. The molecular weight excluding hydrogens is 242 g/mol. The summed E-state index contributed by atoms with van der Waals surface area (Å²) in [6, 6.07) is 0. The van der Waals surface area contributed by atoms with Gasteiger partial charge in [0.25, 0.3) is 0 Å². The van der Waals surface area contributed by atoms with Crippen LogP contribution in [0, 0.1) is 6.57 Å². The van der Waals surface area contributed by atoms with Crippen LogP contribution in [0.3, 0.4) is 0 Å². The molecule has 1 amide bonds. The molecule has 5 heteroatoms. The van der Waals surface area contributed by atoms with Gasteiger partial charge in [-0.15, -0.1) is 0 Å². The van der Waals surface area contributed by atoms with Crippen LogP contribution >= 0.6 is 0 Å². The Morgan fingerprint density at radius 1 is 1.21 bits per heavy atom. The normalized spacial score (nSPS) is 17.1. The molecule has 0 radical (unpaired) electrons. The molecule has 0 N–H and O–H groups in total. The van der Waals surface area contributed by atoms with Crippen molar-refractivity contribution in [1.82, 2.24) is 9.80 Å². The van der Waals surface area contributed by atoms with Gasteiger partial charge in [-0.3, -0.25) is 4.90 Å². The van der Waals surface area contributed by atoms with E-state index in [-0.39, 0.29) is 6.09 Å². The van der Waals surface area contributed by atoms with Gasteiger partial charge in [-0.25, -0.2) is 11.4 Å². The topological polar surface area (TPSA) is 37.1 Å². The Morgan fingerprint density at radius 2 is 1.84 bits per heavy atom. The van der Waals surface area contributed by atoms with Crippen LogP contribution < -0.4 is 0 Å². The van der Waals surface area contributed by atoms with Crippen LogP contribution in [0.5, 0.6) is 0 Å². The van der Waals surface area contributed by atoms with E-state index < -0.39 is 5.60 Å². The maximum Gasteiger partial charge on any atom is 0.410 e. The fourth-order valence-electron chi connectivity index (χ4n) is 2.01. The first-order chi connectivity index (χ1) is 8.92. The minimum absolute atomic E-state index is 0.208. The highest BCUT2D eigenvalue weighted by molar-refractivity contribution is 5.68. The van der Waals surface area contributed by atoms with Crippen LogP contribution in [0.25, 0.3) is 4.85 Å². The molecule has 0 aliphatic carbocycles. The Bertz CT molecular complexity index is 323. The second-order valence-electron chi connectivity index (χ2n) is 5.90. The molecule has 108 valence electrons. The van der Waals surface area contributed by atoms with E-state index in [2.05, 4.69) is 9.74 Å². The molecule has 5 nitrogen and oxygen atoms in total. The van der Waals surface area contributed by atoms with E-state index in [9.17, 15) is 4.79 Å². The molecule has 0 atom stereocenters. The van der Waals surface area contributed by atoms with Gasteiger partial charge in [0.05, 0.1) is 0 Å². The van der Waals surface area contributed by atoms with E-state index in [1.807, 2.05) is 20.8 Å². The number of piperazine rings is 1. The Kier molecular flexibility index (Phi) is 6.10. The van der Waals surface area contributed by atoms with Crippen LogP contribution in [0.1, 0.15) is 33.6 Å². The van der Waals surface area contributed by atoms with E-state index >= 15 is 0 Å². The van der Waals surface area contributed by atoms with Crippen molar-refractivity contribution >= 4 is 6.09 Å². The zero-order valence-electron chi connectivity index (χ0n) is 12.3. The lowest BCUT2D eigenvalue weighted by Crippen LogP contribution is -2.50. The summed E-state index contributed by atoms with van der Waals surface area (Å²) < 4.78 is 5.36. The van der Waals surface area contributed by atoms with Crippen molar-refractivity contribution in [3.8, 4) is 0 Å². The molecule has 0 bridgehead atoms. The summed E-state index contributed by atoms with van der Waals surface area (Å²) in [7, 11) is 0. The van der Waals surface area contributed by atoms with Gasteiger partial charge in [-0.05, 0) is 33.7 Å². The van der Waals surface area contributed by atoms with E-state index in [0.29, 0.717) is 6.54 Å². The van der Waals surface area contributed by atoms with Crippen LogP contribution in [0.2, 0.25) is 0 Å². The number of rotatable bonds is 4. The number of unbranched alkanes of at least 4 members (excludes halogenated alkanes) is 1. The third-order valence-corrected chi connectivity index (χ3v) is 3.02. The van der Waals surface area contributed by atoms with Crippen LogP contribution in [0.15, 0.2) is 0 Å². The summed E-state index contributed by atoms with van der Waals surface area (Å²) in [5.41, 5.74) is -0.423. The lowest BCUT2D eigenvalue weighted by Gasteiger charge is -2.35. The standard InChI is InChI=1S/C14H25N3O2/c1-14(2,3)19-13(18)17-11-9-16(10-12-17)8-6-5-7-15-4/h5-12H2,1-3H3. The highest BCUT2D eigenvalue weighted by atomic mass is 16.6. The molecule has 1 heterocycles. The molecule has 1 fully saturated rings. The third-order valence-electron chi connectivity index (χ3n) is 3.02. The Balaban J connectivity index is 2.22. The predicted octanol–water partition coefficient (Wildman–Crippen LogP) is 2.24. The maximum atomic E-state index is 11.9. The van der Waals surface area contributed by atoms with Gasteiger partial charge in [-0.1, -0.05) is 0 Å². The van der Waals surface area contributed by atoms with Gasteiger partial charge >= 0.3 is 6.09 Å². The van der Waals surface area contributed by atoms with Gasteiger partial charge < -0.3 is 14.5 Å². The van der Waals surface area contributed by atoms with Crippen molar-refractivity contribution in [3.63, 3.8) is 0 Å². The van der Waals surface area contributed by atoms with Crippen molar-refractivity contribution < 1.29 is 9.53 Å². The SMILES string of the molecule is [C-]#[N+]CCCCN1CCN(C(=O)OC(C)(C)C)CC1. The average Bonchev–Trinajstić information content (AvgIpc) is 2.33. The highest BCUT2D eigenvalue weighted by Gasteiger charge is 2.25. The largest absolute Gasteiger partial charge is 0.444 e. The minimum atomic E-state index is -0.423. The van der Waals surface area contributed by atoms with Gasteiger partial charge in [0.1, 0.15) is 5.60 Å². The van der Waals surface area contributed by atoms with Gasteiger partial charge in [0, 0.05) is 32.6 Å². The lowest BCUT2D eigenvalue weighted by molar-refractivity contribution is 0.0144. The van der Waals surface area contributed by atoms with Crippen molar-refractivity contribution in [1.29, 1.82) is 0 Å². The number of ether oxygens (including phenoxy) is 1. The first-order valence-electron chi connectivity index (χ1n) is 6.96. The van der Waals surface area contributed by atoms with Gasteiger partial charge in [-0.2, -0.15) is 0 Å². The molecule has 19 heavy (non-hydrogen) atoms. The lowest BCUT2D eigenvalue weighted by atomic mass is 10.2.